The molecule has 0 aromatic carbocycles. The van der Waals surface area contributed by atoms with Gasteiger partial charge in [0.2, 0.25) is 5.82 Å². The molecule has 2 rings (SSSR count). The molecule has 7 N–H and O–H groups in total. The van der Waals surface area contributed by atoms with E-state index < -0.39 is 30.4 Å². The molecule has 140 valence electrons. The van der Waals surface area contributed by atoms with E-state index in [4.69, 9.17) is 10.5 Å². The molecule has 1 aromatic rings. The van der Waals surface area contributed by atoms with Gasteiger partial charge in [-0.25, -0.2) is 9.67 Å². The van der Waals surface area contributed by atoms with E-state index in [0.29, 0.717) is 12.5 Å². The minimum Gasteiger partial charge on any atom is -1.00 e. The number of quaternary nitrogens is 1. The van der Waals surface area contributed by atoms with Crippen molar-refractivity contribution in [3.63, 3.8) is 0 Å². The average Bonchev–Trinajstić information content (AvgIpc) is 3.06. The van der Waals surface area contributed by atoms with Crippen molar-refractivity contribution in [2.75, 3.05) is 0 Å². The highest BCUT2D eigenvalue weighted by Gasteiger charge is 2.43. The molecule has 1 unspecified atom stereocenters. The molecule has 10 heteroatoms. The highest BCUT2D eigenvalue weighted by molar-refractivity contribution is 5.88. The van der Waals surface area contributed by atoms with Crippen LogP contribution in [-0.4, -0.2) is 55.2 Å². The number of carbonyl (C=O) groups excluding carboxylic acids is 1. The van der Waals surface area contributed by atoms with E-state index in [-0.39, 0.29) is 18.2 Å². The highest BCUT2D eigenvalue weighted by atomic mass is 35.5. The number of primary amides is 1. The van der Waals surface area contributed by atoms with Gasteiger partial charge in [0.25, 0.3) is 5.91 Å². The second-order valence-corrected chi connectivity index (χ2v) is 6.09. The van der Waals surface area contributed by atoms with E-state index in [9.17, 15) is 15.0 Å². The van der Waals surface area contributed by atoms with Crippen LogP contribution in [0.5, 0.6) is 0 Å². The Balaban J connectivity index is 0.000000655. The van der Waals surface area contributed by atoms with Crippen LogP contribution in [0.2, 0.25) is 0 Å². The number of aliphatic hydroxyl groups is 2. The van der Waals surface area contributed by atoms with E-state index >= 15 is 0 Å². The summed E-state index contributed by atoms with van der Waals surface area (Å²) in [5, 5.41) is 23.2. The molecule has 9 nitrogen and oxygen atoms in total. The fraction of sp³-hybridized carbons (Fsp3) is 0.786. The molecule has 0 spiro atoms. The Labute approximate surface area is 147 Å². The summed E-state index contributed by atoms with van der Waals surface area (Å²) in [5.41, 5.74) is 8.85. The standard InChI is InChI=1S/C9H14N4O4.C5H13N.ClH/c1-2-4-5(14)6(15)9(17-4)13-3-11-8(12-13)7(10)16;1-4(2)5(3)6;/h3-6,9,14-15H,2H2,1H3,(H2,10,16);4-5H,6H2,1-3H3;1H/t4-,5-,6-,9-;;/m0../s1. The van der Waals surface area contributed by atoms with Crippen molar-refractivity contribution in [1.82, 2.24) is 14.8 Å². The van der Waals surface area contributed by atoms with Crippen LogP contribution in [-0.2, 0) is 4.74 Å². The van der Waals surface area contributed by atoms with Crippen molar-refractivity contribution < 1.29 is 37.9 Å². The smallest absolute Gasteiger partial charge is 0.288 e. The Hall–Kier alpha value is -1.26. The zero-order valence-corrected chi connectivity index (χ0v) is 15.2. The minimum atomic E-state index is -1.11. The van der Waals surface area contributed by atoms with E-state index in [1.165, 1.54) is 11.0 Å². The average molecular weight is 366 g/mol. The SMILES string of the molecule is CC(C)C(C)[NH3+].CC[C@@H]1O[C@H](n2cnc(C(N)=O)n2)[C@@H](O)[C@H]1O.[Cl-]. The number of halogens is 1. The van der Waals surface area contributed by atoms with Crippen LogP contribution in [0.25, 0.3) is 0 Å². The maximum Gasteiger partial charge on any atom is 0.288 e. The van der Waals surface area contributed by atoms with Crippen LogP contribution in [0, 0.1) is 5.92 Å². The lowest BCUT2D eigenvalue weighted by Crippen LogP contribution is -3.00. The van der Waals surface area contributed by atoms with Crippen LogP contribution in [0.4, 0.5) is 0 Å². The number of ether oxygens (including phenoxy) is 1. The van der Waals surface area contributed by atoms with Gasteiger partial charge in [-0.2, -0.15) is 0 Å². The van der Waals surface area contributed by atoms with Gasteiger partial charge in [0.1, 0.15) is 18.5 Å². The molecule has 0 aliphatic carbocycles. The van der Waals surface area contributed by atoms with Gasteiger partial charge in [0.15, 0.2) is 6.23 Å². The Morgan fingerprint density at radius 3 is 2.29 bits per heavy atom. The summed E-state index contributed by atoms with van der Waals surface area (Å²) in [5.74, 6) is -0.177. The van der Waals surface area contributed by atoms with Crippen LogP contribution >= 0.6 is 0 Å². The molecule has 24 heavy (non-hydrogen) atoms. The Morgan fingerprint density at radius 2 is 1.96 bits per heavy atom. The minimum absolute atomic E-state index is 0. The molecule has 1 aliphatic heterocycles. The van der Waals surface area contributed by atoms with Crippen LogP contribution in [0.1, 0.15) is 51.0 Å². The number of hydrogen-bond donors (Lipinski definition) is 4. The number of aromatic nitrogens is 3. The van der Waals surface area contributed by atoms with Crippen molar-refractivity contribution in [2.24, 2.45) is 11.7 Å². The molecule has 0 bridgehead atoms. The molecule has 1 amide bonds. The molecule has 5 atom stereocenters. The lowest BCUT2D eigenvalue weighted by Gasteiger charge is -2.13. The fourth-order valence-electron chi connectivity index (χ4n) is 1.80. The first-order valence-corrected chi connectivity index (χ1v) is 7.74. The molecular weight excluding hydrogens is 338 g/mol. The molecule has 1 aliphatic rings. The van der Waals surface area contributed by atoms with Gasteiger partial charge >= 0.3 is 0 Å². The summed E-state index contributed by atoms with van der Waals surface area (Å²) < 4.78 is 6.61. The Bertz CT molecular complexity index is 505. The molecular formula is C14H28ClN5O4. The topological polar surface area (TPSA) is 151 Å². The maximum absolute atomic E-state index is 10.8. The van der Waals surface area contributed by atoms with Gasteiger partial charge < -0.3 is 38.8 Å². The Kier molecular flexibility index (Phi) is 9.38. The molecule has 0 saturated carbocycles. The third kappa shape index (κ3) is 5.67. The van der Waals surface area contributed by atoms with Gasteiger partial charge in [-0.1, -0.05) is 20.8 Å². The van der Waals surface area contributed by atoms with Crippen LogP contribution < -0.4 is 23.9 Å². The molecule has 0 radical (unpaired) electrons. The largest absolute Gasteiger partial charge is 1.00 e. The van der Waals surface area contributed by atoms with Crippen molar-refractivity contribution in [3.8, 4) is 0 Å². The second-order valence-electron chi connectivity index (χ2n) is 6.09. The van der Waals surface area contributed by atoms with Crippen molar-refractivity contribution >= 4 is 5.91 Å². The maximum atomic E-state index is 10.8. The number of carbonyl (C=O) groups is 1. The van der Waals surface area contributed by atoms with Gasteiger partial charge in [-0.05, 0) is 13.3 Å². The normalized spacial score (nSPS) is 27.2. The third-order valence-electron chi connectivity index (χ3n) is 3.87. The number of aliphatic hydroxyl groups excluding tert-OH is 2. The van der Waals surface area contributed by atoms with Gasteiger partial charge in [-0.3, -0.25) is 4.79 Å². The number of nitrogens with two attached hydrogens (primary N) is 1. The molecule has 1 saturated heterocycles. The van der Waals surface area contributed by atoms with E-state index in [1.54, 1.807) is 0 Å². The van der Waals surface area contributed by atoms with Gasteiger partial charge in [0, 0.05) is 5.92 Å². The zero-order valence-electron chi connectivity index (χ0n) is 14.5. The number of rotatable bonds is 4. The molecule has 2 heterocycles. The predicted molar refractivity (Wildman–Crippen MR) is 81.9 cm³/mol. The summed E-state index contributed by atoms with van der Waals surface area (Å²) in [6.07, 6.45) is -1.61. The summed E-state index contributed by atoms with van der Waals surface area (Å²) in [7, 11) is 0. The van der Waals surface area contributed by atoms with Crippen LogP contribution in [0.3, 0.4) is 0 Å². The molecule has 1 fully saturated rings. The quantitative estimate of drug-likeness (QED) is 0.423. The van der Waals surface area contributed by atoms with Crippen molar-refractivity contribution in [3.05, 3.63) is 12.2 Å². The summed E-state index contributed by atoms with van der Waals surface area (Å²) in [6, 6.07) is 0.602. The van der Waals surface area contributed by atoms with Gasteiger partial charge in [-0.15, -0.1) is 5.10 Å². The number of nitrogens with zero attached hydrogens (tertiary/aromatic N) is 3. The summed E-state index contributed by atoms with van der Waals surface area (Å²) >= 11 is 0. The molecule has 1 aromatic heterocycles. The summed E-state index contributed by atoms with van der Waals surface area (Å²) in [6.45, 7) is 8.32. The first-order chi connectivity index (χ1) is 10.7. The lowest BCUT2D eigenvalue weighted by molar-refractivity contribution is -0.424. The fourth-order valence-corrected chi connectivity index (χ4v) is 1.80. The van der Waals surface area contributed by atoms with E-state index in [1.807, 2.05) is 6.92 Å². The van der Waals surface area contributed by atoms with E-state index in [2.05, 4.69) is 36.6 Å². The van der Waals surface area contributed by atoms with E-state index in [0.717, 1.165) is 5.92 Å². The zero-order chi connectivity index (χ0) is 17.7. The first-order valence-electron chi connectivity index (χ1n) is 7.74. The number of hydrogen-bond acceptors (Lipinski definition) is 6. The summed E-state index contributed by atoms with van der Waals surface area (Å²) in [4.78, 5) is 14.5. The second kappa shape index (κ2) is 9.90. The van der Waals surface area contributed by atoms with Crippen molar-refractivity contribution in [2.45, 2.75) is 64.7 Å². The first kappa shape index (κ1) is 22.7. The number of amides is 1. The lowest BCUT2D eigenvalue weighted by atomic mass is 10.1. The van der Waals surface area contributed by atoms with Gasteiger partial charge in [0.05, 0.1) is 12.1 Å². The highest BCUT2D eigenvalue weighted by Crippen LogP contribution is 2.30. The third-order valence-corrected chi connectivity index (χ3v) is 3.87. The monoisotopic (exact) mass is 365 g/mol. The predicted octanol–water partition coefficient (Wildman–Crippen LogP) is -4.32. The Morgan fingerprint density at radius 1 is 1.42 bits per heavy atom. The van der Waals surface area contributed by atoms with Crippen molar-refractivity contribution in [1.29, 1.82) is 0 Å². The van der Waals surface area contributed by atoms with Crippen LogP contribution in [0.15, 0.2) is 6.33 Å².